The monoisotopic (exact) mass is 462 g/mol. The first kappa shape index (κ1) is 21.8. The molecule has 2 aromatic carbocycles. The van der Waals surface area contributed by atoms with Crippen LogP contribution >= 0.6 is 23.2 Å². The number of halogens is 2. The fraction of sp³-hybridized carbons (Fsp3) is 0.391. The Balaban J connectivity index is 1.20. The molecule has 1 N–H and O–H groups in total. The number of nitrogens with one attached hydrogen (secondary N) is 1. The molecule has 0 spiro atoms. The van der Waals surface area contributed by atoms with Gasteiger partial charge in [0.25, 0.3) is 0 Å². The largest absolute Gasteiger partial charge is 0.493 e. The first-order chi connectivity index (χ1) is 15.0. The van der Waals surface area contributed by atoms with Gasteiger partial charge in [0.15, 0.2) is 0 Å². The van der Waals surface area contributed by atoms with Gasteiger partial charge in [0.1, 0.15) is 12.4 Å². The van der Waals surface area contributed by atoms with Crippen molar-refractivity contribution in [3.05, 3.63) is 57.6 Å². The first-order valence-electron chi connectivity index (χ1n) is 10.4. The number of rotatable bonds is 5. The highest BCUT2D eigenvalue weighted by molar-refractivity contribution is 6.42. The van der Waals surface area contributed by atoms with E-state index in [0.717, 1.165) is 41.8 Å². The lowest BCUT2D eigenvalue weighted by atomic mass is 9.98. The molecule has 0 radical (unpaired) electrons. The van der Waals surface area contributed by atoms with Crippen LogP contribution in [0.25, 0.3) is 0 Å². The minimum atomic E-state index is -0.317. The molecule has 1 fully saturated rings. The fourth-order valence-corrected chi connectivity index (χ4v) is 4.13. The number of piperidine rings is 1. The summed E-state index contributed by atoms with van der Waals surface area (Å²) in [7, 11) is 0. The molecular weight excluding hydrogens is 439 g/mol. The standard InChI is InChI=1S/C23H24Cl2N2O4/c24-19-4-1-16(11-20(19)25)14-31-23(29)27-9-7-15(8-10-27)13-30-18-3-5-21-17(12-18)2-6-22(28)26-21/h1,3-5,11-12,15H,2,6-10,13-14H2,(H,26,28). The zero-order valence-corrected chi connectivity index (χ0v) is 18.5. The lowest BCUT2D eigenvalue weighted by Gasteiger charge is -2.31. The predicted molar refractivity (Wildman–Crippen MR) is 120 cm³/mol. The lowest BCUT2D eigenvalue weighted by Crippen LogP contribution is -2.40. The summed E-state index contributed by atoms with van der Waals surface area (Å²) in [4.78, 5) is 25.6. The van der Waals surface area contributed by atoms with Gasteiger partial charge in [-0.25, -0.2) is 4.79 Å². The molecule has 0 aliphatic carbocycles. The van der Waals surface area contributed by atoms with E-state index >= 15 is 0 Å². The number of carbonyl (C=O) groups is 2. The molecule has 2 aliphatic rings. The third kappa shape index (κ3) is 5.63. The van der Waals surface area contributed by atoms with E-state index in [2.05, 4.69) is 5.32 Å². The molecule has 31 heavy (non-hydrogen) atoms. The molecular formula is C23H24Cl2N2O4. The highest BCUT2D eigenvalue weighted by atomic mass is 35.5. The highest BCUT2D eigenvalue weighted by Crippen LogP contribution is 2.28. The summed E-state index contributed by atoms with van der Waals surface area (Å²) < 4.78 is 11.4. The number of ether oxygens (including phenoxy) is 2. The Morgan fingerprint density at radius 2 is 1.87 bits per heavy atom. The molecule has 0 aromatic heterocycles. The Hall–Kier alpha value is -2.44. The molecule has 0 bridgehead atoms. The van der Waals surface area contributed by atoms with Gasteiger partial charge >= 0.3 is 6.09 Å². The lowest BCUT2D eigenvalue weighted by molar-refractivity contribution is -0.116. The molecule has 164 valence electrons. The second-order valence-electron chi connectivity index (χ2n) is 7.91. The summed E-state index contributed by atoms with van der Waals surface area (Å²) in [6.07, 6.45) is 2.66. The van der Waals surface area contributed by atoms with Crippen LogP contribution in [0.1, 0.15) is 30.4 Å². The van der Waals surface area contributed by atoms with Crippen LogP contribution in [0.4, 0.5) is 10.5 Å². The van der Waals surface area contributed by atoms with Gasteiger partial charge in [-0.05, 0) is 66.6 Å². The van der Waals surface area contributed by atoms with Gasteiger partial charge in [-0.2, -0.15) is 0 Å². The van der Waals surface area contributed by atoms with Crippen LogP contribution in [-0.4, -0.2) is 36.6 Å². The Labute approximate surface area is 191 Å². The molecule has 2 heterocycles. The summed E-state index contributed by atoms with van der Waals surface area (Å²) in [5.74, 6) is 1.26. The molecule has 2 amide bonds. The van der Waals surface area contributed by atoms with Crippen molar-refractivity contribution in [2.24, 2.45) is 5.92 Å². The smallest absolute Gasteiger partial charge is 0.410 e. The maximum atomic E-state index is 12.4. The number of hydrogen-bond acceptors (Lipinski definition) is 4. The second-order valence-corrected chi connectivity index (χ2v) is 8.73. The van der Waals surface area contributed by atoms with Gasteiger partial charge in [0.05, 0.1) is 16.7 Å². The molecule has 2 aromatic rings. The van der Waals surface area contributed by atoms with E-state index in [9.17, 15) is 9.59 Å². The number of amides is 2. The topological polar surface area (TPSA) is 67.9 Å². The van der Waals surface area contributed by atoms with Crippen molar-refractivity contribution in [1.82, 2.24) is 4.90 Å². The van der Waals surface area contributed by atoms with Crippen LogP contribution in [0.2, 0.25) is 10.0 Å². The van der Waals surface area contributed by atoms with E-state index in [4.69, 9.17) is 32.7 Å². The number of carbonyl (C=O) groups excluding carboxylic acids is 2. The zero-order valence-electron chi connectivity index (χ0n) is 17.0. The number of hydrogen-bond donors (Lipinski definition) is 1. The summed E-state index contributed by atoms with van der Waals surface area (Å²) in [5.41, 5.74) is 2.78. The van der Waals surface area contributed by atoms with Crippen LogP contribution in [0.15, 0.2) is 36.4 Å². The van der Waals surface area contributed by atoms with Crippen LogP contribution in [0.5, 0.6) is 5.75 Å². The average molecular weight is 463 g/mol. The predicted octanol–water partition coefficient (Wildman–Crippen LogP) is 5.31. The third-order valence-corrected chi connectivity index (χ3v) is 6.42. The fourth-order valence-electron chi connectivity index (χ4n) is 3.81. The van der Waals surface area contributed by atoms with Gasteiger partial charge in [-0.1, -0.05) is 29.3 Å². The Morgan fingerprint density at radius 1 is 1.06 bits per heavy atom. The summed E-state index contributed by atoms with van der Waals surface area (Å²) in [6.45, 7) is 2.06. The van der Waals surface area contributed by atoms with Gasteiger partial charge in [-0.3, -0.25) is 4.79 Å². The average Bonchev–Trinajstić information content (AvgIpc) is 2.78. The first-order valence-corrected chi connectivity index (χ1v) is 11.1. The Kier molecular flexibility index (Phi) is 6.88. The summed E-state index contributed by atoms with van der Waals surface area (Å²) in [5, 5.41) is 3.80. The summed E-state index contributed by atoms with van der Waals surface area (Å²) in [6, 6.07) is 11.0. The number of anilines is 1. The van der Waals surface area contributed by atoms with E-state index in [0.29, 0.717) is 42.1 Å². The van der Waals surface area contributed by atoms with Gasteiger partial charge in [-0.15, -0.1) is 0 Å². The van der Waals surface area contributed by atoms with Crippen molar-refractivity contribution >= 4 is 40.9 Å². The van der Waals surface area contributed by atoms with Crippen LogP contribution in [0.3, 0.4) is 0 Å². The van der Waals surface area contributed by atoms with Gasteiger partial charge < -0.3 is 19.7 Å². The molecule has 2 aliphatic heterocycles. The van der Waals surface area contributed by atoms with E-state index in [1.807, 2.05) is 18.2 Å². The minimum absolute atomic E-state index is 0.0587. The van der Waals surface area contributed by atoms with Crippen molar-refractivity contribution in [2.45, 2.75) is 32.3 Å². The number of likely N-dealkylation sites (tertiary alicyclic amines) is 1. The molecule has 8 heteroatoms. The van der Waals surface area contributed by atoms with E-state index in [1.54, 1.807) is 23.1 Å². The minimum Gasteiger partial charge on any atom is -0.493 e. The van der Waals surface area contributed by atoms with Crippen molar-refractivity contribution < 1.29 is 19.1 Å². The third-order valence-electron chi connectivity index (χ3n) is 5.68. The SMILES string of the molecule is O=C1CCc2cc(OCC3CCN(C(=O)OCc4ccc(Cl)c(Cl)c4)CC3)ccc2N1. The van der Waals surface area contributed by atoms with E-state index in [-0.39, 0.29) is 18.6 Å². The Morgan fingerprint density at radius 3 is 2.65 bits per heavy atom. The molecule has 4 rings (SSSR count). The maximum Gasteiger partial charge on any atom is 0.410 e. The molecule has 1 saturated heterocycles. The van der Waals surface area contributed by atoms with Crippen LogP contribution < -0.4 is 10.1 Å². The van der Waals surface area contributed by atoms with Gasteiger partial charge in [0, 0.05) is 25.2 Å². The van der Waals surface area contributed by atoms with E-state index in [1.165, 1.54) is 0 Å². The normalized spacial score (nSPS) is 16.5. The van der Waals surface area contributed by atoms with Crippen molar-refractivity contribution in [2.75, 3.05) is 25.0 Å². The van der Waals surface area contributed by atoms with Crippen molar-refractivity contribution in [1.29, 1.82) is 0 Å². The molecule has 0 saturated carbocycles. The second kappa shape index (κ2) is 9.79. The zero-order chi connectivity index (χ0) is 21.8. The molecule has 0 atom stereocenters. The van der Waals surface area contributed by atoms with Gasteiger partial charge in [0.2, 0.25) is 5.91 Å². The molecule has 0 unspecified atom stereocenters. The van der Waals surface area contributed by atoms with E-state index < -0.39 is 0 Å². The number of fused-ring (bicyclic) bond motifs is 1. The number of aryl methyl sites for hydroxylation is 1. The van der Waals surface area contributed by atoms with Crippen LogP contribution in [-0.2, 0) is 22.6 Å². The number of benzene rings is 2. The molecule has 6 nitrogen and oxygen atoms in total. The van der Waals surface area contributed by atoms with Crippen molar-refractivity contribution in [3.8, 4) is 5.75 Å². The quantitative estimate of drug-likeness (QED) is 0.653. The van der Waals surface area contributed by atoms with Crippen LogP contribution in [0, 0.1) is 5.92 Å². The Bertz CT molecular complexity index is 974. The maximum absolute atomic E-state index is 12.4. The van der Waals surface area contributed by atoms with Crippen molar-refractivity contribution in [3.63, 3.8) is 0 Å². The number of nitrogens with zero attached hydrogens (tertiary/aromatic N) is 1. The highest BCUT2D eigenvalue weighted by Gasteiger charge is 2.24. The summed E-state index contributed by atoms with van der Waals surface area (Å²) >= 11 is 11.9.